The molecule has 0 spiro atoms. The molecule has 0 N–H and O–H groups in total. The van der Waals surface area contributed by atoms with Crippen LogP contribution in [0.15, 0.2) is 72.3 Å². The van der Waals surface area contributed by atoms with Crippen LogP contribution in [0.2, 0.25) is 0 Å². The largest absolute Gasteiger partial charge is 0.299 e. The molecule has 0 saturated carbocycles. The Kier molecular flexibility index (Phi) is 4.31. The maximum Gasteiger partial charge on any atom is 0.142 e. The minimum atomic E-state index is 0.279. The fourth-order valence-corrected chi connectivity index (χ4v) is 4.56. The number of carbonyl (C=O) groups is 1. The summed E-state index contributed by atoms with van der Waals surface area (Å²) >= 11 is 0. The Morgan fingerprint density at radius 3 is 1.92 bits per heavy atom. The summed E-state index contributed by atoms with van der Waals surface area (Å²) in [6.45, 7) is 2.28. The molecule has 2 heteroatoms. The summed E-state index contributed by atoms with van der Waals surface area (Å²) in [6.07, 6.45) is 5.20. The van der Waals surface area contributed by atoms with E-state index in [1.54, 1.807) is 0 Å². The molecular formula is C22H23NO. The van der Waals surface area contributed by atoms with Crippen LogP contribution in [0.1, 0.15) is 29.9 Å². The van der Waals surface area contributed by atoms with Gasteiger partial charge in [-0.25, -0.2) is 0 Å². The van der Waals surface area contributed by atoms with Crippen molar-refractivity contribution in [1.82, 2.24) is 4.90 Å². The monoisotopic (exact) mass is 317 g/mol. The molecule has 3 fully saturated rings. The topological polar surface area (TPSA) is 20.3 Å². The van der Waals surface area contributed by atoms with Gasteiger partial charge in [0.2, 0.25) is 0 Å². The lowest BCUT2D eigenvalue weighted by Gasteiger charge is -2.50. The standard InChI is InChI=1S/C22H23NO/c24-16-13-20-17-11-14-23(15-12-17)22(20)21(18-7-3-1-4-8-18)19-9-5-2-6-10-19/h1-10,13,16-17,21-22H,11-12,14-15H2/b20-13+. The molecule has 0 aromatic heterocycles. The van der Waals surface area contributed by atoms with E-state index in [1.165, 1.54) is 29.5 Å². The van der Waals surface area contributed by atoms with Crippen LogP contribution in [-0.4, -0.2) is 30.3 Å². The van der Waals surface area contributed by atoms with Crippen molar-refractivity contribution in [3.8, 4) is 0 Å². The van der Waals surface area contributed by atoms with Gasteiger partial charge in [-0.3, -0.25) is 9.69 Å². The third-order valence-corrected chi connectivity index (χ3v) is 5.63. The van der Waals surface area contributed by atoms with Crippen molar-refractivity contribution in [3.63, 3.8) is 0 Å². The van der Waals surface area contributed by atoms with Gasteiger partial charge >= 0.3 is 0 Å². The van der Waals surface area contributed by atoms with Crippen LogP contribution in [-0.2, 0) is 4.79 Å². The first-order chi connectivity index (χ1) is 11.9. The van der Waals surface area contributed by atoms with Gasteiger partial charge in [-0.2, -0.15) is 0 Å². The van der Waals surface area contributed by atoms with Crippen molar-refractivity contribution in [2.45, 2.75) is 24.8 Å². The van der Waals surface area contributed by atoms with Crippen molar-refractivity contribution in [1.29, 1.82) is 0 Å². The highest BCUT2D eigenvalue weighted by atomic mass is 16.1. The molecule has 2 aromatic carbocycles. The number of aldehydes is 1. The first kappa shape index (κ1) is 15.3. The molecule has 2 bridgehead atoms. The molecule has 0 amide bonds. The lowest BCUT2D eigenvalue weighted by atomic mass is 9.70. The lowest BCUT2D eigenvalue weighted by Crippen LogP contribution is -2.53. The van der Waals surface area contributed by atoms with Crippen LogP contribution in [0.5, 0.6) is 0 Å². The molecule has 5 rings (SSSR count). The van der Waals surface area contributed by atoms with E-state index < -0.39 is 0 Å². The van der Waals surface area contributed by atoms with Crippen molar-refractivity contribution in [3.05, 3.63) is 83.4 Å². The first-order valence-corrected chi connectivity index (χ1v) is 8.87. The zero-order chi connectivity index (χ0) is 16.4. The van der Waals surface area contributed by atoms with Gasteiger partial charge < -0.3 is 0 Å². The van der Waals surface area contributed by atoms with Crippen LogP contribution < -0.4 is 0 Å². The minimum Gasteiger partial charge on any atom is -0.299 e. The molecule has 2 nitrogen and oxygen atoms in total. The third kappa shape index (κ3) is 2.71. The number of rotatable bonds is 4. The Labute approximate surface area is 143 Å². The Bertz CT molecular complexity index is 675. The van der Waals surface area contributed by atoms with E-state index in [2.05, 4.69) is 65.6 Å². The number of piperidine rings is 3. The fourth-order valence-electron chi connectivity index (χ4n) is 4.56. The second-order valence-corrected chi connectivity index (χ2v) is 6.86. The van der Waals surface area contributed by atoms with Crippen molar-refractivity contribution in [2.24, 2.45) is 5.92 Å². The van der Waals surface area contributed by atoms with Gasteiger partial charge in [0.15, 0.2) is 0 Å². The summed E-state index contributed by atoms with van der Waals surface area (Å²) in [5.41, 5.74) is 4.00. The molecule has 2 aromatic rings. The molecule has 0 radical (unpaired) electrons. The number of nitrogens with zero attached hydrogens (tertiary/aromatic N) is 1. The van der Waals surface area contributed by atoms with Crippen LogP contribution >= 0.6 is 0 Å². The quantitative estimate of drug-likeness (QED) is 0.626. The number of fused-ring (bicyclic) bond motifs is 3. The smallest absolute Gasteiger partial charge is 0.142 e. The molecule has 1 unspecified atom stereocenters. The highest BCUT2D eigenvalue weighted by molar-refractivity contribution is 5.67. The van der Waals surface area contributed by atoms with E-state index in [9.17, 15) is 4.79 Å². The number of hydrogen-bond acceptors (Lipinski definition) is 2. The van der Waals surface area contributed by atoms with Gasteiger partial charge in [0.05, 0.1) is 0 Å². The van der Waals surface area contributed by atoms with Gasteiger partial charge in [-0.15, -0.1) is 0 Å². The van der Waals surface area contributed by atoms with E-state index in [-0.39, 0.29) is 5.92 Å². The highest BCUT2D eigenvalue weighted by Crippen LogP contribution is 2.44. The van der Waals surface area contributed by atoms with Gasteiger partial charge in [0.1, 0.15) is 6.29 Å². The molecule has 3 aliphatic rings. The summed E-state index contributed by atoms with van der Waals surface area (Å²) in [5, 5.41) is 0. The molecule has 1 atom stereocenters. The summed E-state index contributed by atoms with van der Waals surface area (Å²) in [4.78, 5) is 13.9. The first-order valence-electron chi connectivity index (χ1n) is 8.87. The Hall–Kier alpha value is -2.19. The zero-order valence-corrected chi connectivity index (χ0v) is 13.8. The predicted molar refractivity (Wildman–Crippen MR) is 97.0 cm³/mol. The third-order valence-electron chi connectivity index (χ3n) is 5.63. The number of benzene rings is 2. The summed E-state index contributed by atoms with van der Waals surface area (Å²) in [6, 6.07) is 21.8. The van der Waals surface area contributed by atoms with Gasteiger partial charge in [0.25, 0.3) is 0 Å². The average Bonchev–Trinajstić information content (AvgIpc) is 2.66. The molecule has 3 saturated heterocycles. The fraction of sp³-hybridized carbons (Fsp3) is 0.318. The molecule has 24 heavy (non-hydrogen) atoms. The Morgan fingerprint density at radius 2 is 1.42 bits per heavy atom. The van der Waals surface area contributed by atoms with Crippen LogP contribution in [0.3, 0.4) is 0 Å². The van der Waals surface area contributed by atoms with E-state index >= 15 is 0 Å². The summed E-state index contributed by atoms with van der Waals surface area (Å²) in [5.74, 6) is 0.849. The SMILES string of the molecule is O=C/C=C1\C2CCN(CC2)C1C(c1ccccc1)c1ccccc1. The van der Waals surface area contributed by atoms with Crippen molar-refractivity contribution >= 4 is 6.29 Å². The van der Waals surface area contributed by atoms with E-state index in [0.29, 0.717) is 12.0 Å². The molecule has 3 aliphatic heterocycles. The zero-order valence-electron chi connectivity index (χ0n) is 13.8. The van der Waals surface area contributed by atoms with Gasteiger partial charge in [0, 0.05) is 12.0 Å². The predicted octanol–water partition coefficient (Wildman–Crippen LogP) is 4.04. The van der Waals surface area contributed by atoms with Gasteiger partial charge in [-0.05, 0) is 54.6 Å². The maximum atomic E-state index is 11.3. The second kappa shape index (κ2) is 6.74. The van der Waals surface area contributed by atoms with Crippen LogP contribution in [0, 0.1) is 5.92 Å². The summed E-state index contributed by atoms with van der Waals surface area (Å²) < 4.78 is 0. The molecule has 122 valence electrons. The Balaban J connectivity index is 1.83. The number of allylic oxidation sites excluding steroid dienone is 1. The number of carbonyl (C=O) groups excluding carboxylic acids is 1. The van der Waals surface area contributed by atoms with E-state index in [0.717, 1.165) is 19.4 Å². The lowest BCUT2D eigenvalue weighted by molar-refractivity contribution is -0.104. The van der Waals surface area contributed by atoms with Crippen LogP contribution in [0.25, 0.3) is 0 Å². The van der Waals surface area contributed by atoms with Crippen molar-refractivity contribution in [2.75, 3.05) is 13.1 Å². The maximum absolute atomic E-state index is 11.3. The van der Waals surface area contributed by atoms with E-state index in [1.807, 2.05) is 6.08 Å². The second-order valence-electron chi connectivity index (χ2n) is 6.86. The minimum absolute atomic E-state index is 0.279. The van der Waals surface area contributed by atoms with Crippen molar-refractivity contribution < 1.29 is 4.79 Å². The molecule has 3 heterocycles. The molecule has 0 aliphatic carbocycles. The summed E-state index contributed by atoms with van der Waals surface area (Å²) in [7, 11) is 0. The Morgan fingerprint density at radius 1 is 0.875 bits per heavy atom. The average molecular weight is 317 g/mol. The highest BCUT2D eigenvalue weighted by Gasteiger charge is 2.42. The van der Waals surface area contributed by atoms with Gasteiger partial charge in [-0.1, -0.05) is 60.7 Å². The van der Waals surface area contributed by atoms with E-state index in [4.69, 9.17) is 0 Å². The van der Waals surface area contributed by atoms with Crippen LogP contribution in [0.4, 0.5) is 0 Å². The molecular weight excluding hydrogens is 294 g/mol. The number of hydrogen-bond donors (Lipinski definition) is 0. The normalized spacial score (nSPS) is 27.5.